The highest BCUT2D eigenvalue weighted by Gasteiger charge is 2.02. The van der Waals surface area contributed by atoms with Gasteiger partial charge in [0.1, 0.15) is 5.76 Å². The number of hydrogen-bond acceptors (Lipinski definition) is 2. The highest BCUT2D eigenvalue weighted by atomic mass is 16.5. The van der Waals surface area contributed by atoms with Crippen LogP contribution in [0.1, 0.15) is 19.8 Å². The molecule has 2 heteroatoms. The zero-order valence-electron chi connectivity index (χ0n) is 6.62. The van der Waals surface area contributed by atoms with Gasteiger partial charge in [0.2, 0.25) is 0 Å². The van der Waals surface area contributed by atoms with Gasteiger partial charge in [-0.2, -0.15) is 0 Å². The summed E-state index contributed by atoms with van der Waals surface area (Å²) in [5.41, 5.74) is 0. The standard InChI is InChI=1S/C9H12O2/c1-8(7-10)11-9-5-3-2-4-6-9/h3,5-8H,2,4H2,1H3. The Hall–Kier alpha value is -1.05. The van der Waals surface area contributed by atoms with Crippen LogP contribution in [-0.2, 0) is 9.53 Å². The molecule has 1 unspecified atom stereocenters. The first-order valence-corrected chi connectivity index (χ1v) is 3.81. The molecular weight excluding hydrogens is 140 g/mol. The molecule has 0 saturated heterocycles. The van der Waals surface area contributed by atoms with E-state index in [-0.39, 0.29) is 6.10 Å². The largest absolute Gasteiger partial charge is 0.484 e. The lowest BCUT2D eigenvalue weighted by molar-refractivity contribution is -0.114. The average molecular weight is 152 g/mol. The van der Waals surface area contributed by atoms with Crippen molar-refractivity contribution in [3.05, 3.63) is 24.0 Å². The molecule has 0 aromatic rings. The van der Waals surface area contributed by atoms with E-state index < -0.39 is 0 Å². The van der Waals surface area contributed by atoms with Crippen LogP contribution in [0.2, 0.25) is 0 Å². The molecule has 0 spiro atoms. The molecule has 1 rings (SSSR count). The van der Waals surface area contributed by atoms with Gasteiger partial charge in [0.25, 0.3) is 0 Å². The number of hydrogen-bond donors (Lipinski definition) is 0. The summed E-state index contributed by atoms with van der Waals surface area (Å²) in [5.74, 6) is 0.816. The van der Waals surface area contributed by atoms with Crippen LogP contribution >= 0.6 is 0 Å². The second kappa shape index (κ2) is 3.96. The van der Waals surface area contributed by atoms with Gasteiger partial charge in [-0.3, -0.25) is 4.79 Å². The minimum Gasteiger partial charge on any atom is -0.484 e. The Morgan fingerprint density at radius 2 is 2.45 bits per heavy atom. The average Bonchev–Trinajstić information content (AvgIpc) is 2.06. The van der Waals surface area contributed by atoms with Crippen LogP contribution in [0.3, 0.4) is 0 Å². The number of aldehydes is 1. The Morgan fingerprint density at radius 1 is 1.64 bits per heavy atom. The smallest absolute Gasteiger partial charge is 0.160 e. The molecule has 0 aromatic carbocycles. The number of carbonyl (C=O) groups excluding carboxylic acids is 1. The third kappa shape index (κ3) is 2.58. The first-order valence-electron chi connectivity index (χ1n) is 3.81. The molecule has 0 bridgehead atoms. The molecule has 1 atom stereocenters. The van der Waals surface area contributed by atoms with Crippen LogP contribution in [0.4, 0.5) is 0 Å². The molecule has 0 fully saturated rings. The number of ether oxygens (including phenoxy) is 1. The summed E-state index contributed by atoms with van der Waals surface area (Å²) >= 11 is 0. The quantitative estimate of drug-likeness (QED) is 0.576. The van der Waals surface area contributed by atoms with Crippen LogP contribution in [0, 0.1) is 0 Å². The summed E-state index contributed by atoms with van der Waals surface area (Å²) < 4.78 is 5.25. The third-order valence-corrected chi connectivity index (χ3v) is 1.47. The Morgan fingerprint density at radius 3 is 3.00 bits per heavy atom. The van der Waals surface area contributed by atoms with Crippen LogP contribution in [0.15, 0.2) is 24.0 Å². The van der Waals surface area contributed by atoms with Crippen molar-refractivity contribution in [3.8, 4) is 0 Å². The number of carbonyl (C=O) groups is 1. The maximum Gasteiger partial charge on any atom is 0.160 e. The number of allylic oxidation sites excluding steroid dienone is 3. The fraction of sp³-hybridized carbons (Fsp3) is 0.444. The van der Waals surface area contributed by atoms with E-state index in [2.05, 4.69) is 0 Å². The van der Waals surface area contributed by atoms with E-state index in [4.69, 9.17) is 4.74 Å². The van der Waals surface area contributed by atoms with Crippen molar-refractivity contribution in [2.45, 2.75) is 25.9 Å². The Labute approximate surface area is 66.5 Å². The van der Waals surface area contributed by atoms with E-state index in [1.54, 1.807) is 6.92 Å². The lowest BCUT2D eigenvalue weighted by atomic mass is 10.2. The van der Waals surface area contributed by atoms with Gasteiger partial charge in [-0.15, -0.1) is 0 Å². The molecule has 0 aromatic heterocycles. The van der Waals surface area contributed by atoms with Crippen molar-refractivity contribution in [1.29, 1.82) is 0 Å². The zero-order chi connectivity index (χ0) is 8.10. The summed E-state index contributed by atoms with van der Waals surface area (Å²) in [5, 5.41) is 0. The van der Waals surface area contributed by atoms with E-state index in [1.807, 2.05) is 18.2 Å². The first kappa shape index (κ1) is 8.05. The van der Waals surface area contributed by atoms with E-state index in [0.29, 0.717) is 0 Å². The molecule has 11 heavy (non-hydrogen) atoms. The van der Waals surface area contributed by atoms with Gasteiger partial charge >= 0.3 is 0 Å². The molecule has 0 saturated carbocycles. The van der Waals surface area contributed by atoms with Gasteiger partial charge in [-0.05, 0) is 31.9 Å². The minimum atomic E-state index is -0.330. The SMILES string of the molecule is CC(C=O)OC1=CCCC=C1. The first-order chi connectivity index (χ1) is 5.33. The van der Waals surface area contributed by atoms with Crippen molar-refractivity contribution in [2.24, 2.45) is 0 Å². The summed E-state index contributed by atoms with van der Waals surface area (Å²) in [7, 11) is 0. The Kier molecular flexibility index (Phi) is 2.90. The summed E-state index contributed by atoms with van der Waals surface area (Å²) in [6.45, 7) is 1.73. The van der Waals surface area contributed by atoms with Gasteiger partial charge in [0.05, 0.1) is 0 Å². The van der Waals surface area contributed by atoms with Crippen molar-refractivity contribution < 1.29 is 9.53 Å². The normalized spacial score (nSPS) is 18.8. The van der Waals surface area contributed by atoms with Crippen LogP contribution in [0.25, 0.3) is 0 Å². The fourth-order valence-electron chi connectivity index (χ4n) is 0.919. The summed E-state index contributed by atoms with van der Waals surface area (Å²) in [4.78, 5) is 10.2. The zero-order valence-corrected chi connectivity index (χ0v) is 6.62. The van der Waals surface area contributed by atoms with Crippen molar-refractivity contribution >= 4 is 6.29 Å². The highest BCUT2D eigenvalue weighted by molar-refractivity contribution is 5.55. The lowest BCUT2D eigenvalue weighted by Crippen LogP contribution is -2.08. The Bertz CT molecular complexity index is 192. The monoisotopic (exact) mass is 152 g/mol. The highest BCUT2D eigenvalue weighted by Crippen LogP contribution is 2.11. The maximum atomic E-state index is 10.2. The molecule has 2 nitrogen and oxygen atoms in total. The van der Waals surface area contributed by atoms with Gasteiger partial charge in [-0.25, -0.2) is 0 Å². The topological polar surface area (TPSA) is 26.3 Å². The summed E-state index contributed by atoms with van der Waals surface area (Å²) in [6, 6.07) is 0. The molecule has 1 aliphatic carbocycles. The van der Waals surface area contributed by atoms with Crippen molar-refractivity contribution in [1.82, 2.24) is 0 Å². The third-order valence-electron chi connectivity index (χ3n) is 1.47. The Balaban J connectivity index is 2.42. The van der Waals surface area contributed by atoms with E-state index in [0.717, 1.165) is 24.9 Å². The lowest BCUT2D eigenvalue weighted by Gasteiger charge is -2.11. The van der Waals surface area contributed by atoms with Gasteiger partial charge in [0, 0.05) is 0 Å². The predicted molar refractivity (Wildman–Crippen MR) is 43.1 cm³/mol. The molecule has 1 aliphatic rings. The van der Waals surface area contributed by atoms with Gasteiger partial charge in [0.15, 0.2) is 12.4 Å². The van der Waals surface area contributed by atoms with Crippen molar-refractivity contribution in [3.63, 3.8) is 0 Å². The second-order valence-corrected chi connectivity index (χ2v) is 2.55. The molecular formula is C9H12O2. The number of rotatable bonds is 3. The van der Waals surface area contributed by atoms with Crippen LogP contribution in [-0.4, -0.2) is 12.4 Å². The fourth-order valence-corrected chi connectivity index (χ4v) is 0.919. The molecule has 0 radical (unpaired) electrons. The molecule has 60 valence electrons. The maximum absolute atomic E-state index is 10.2. The van der Waals surface area contributed by atoms with E-state index >= 15 is 0 Å². The summed E-state index contributed by atoms with van der Waals surface area (Å²) in [6.07, 6.45) is 8.50. The predicted octanol–water partition coefficient (Wildman–Crippen LogP) is 1.82. The molecule has 0 amide bonds. The molecule has 0 heterocycles. The van der Waals surface area contributed by atoms with Crippen molar-refractivity contribution in [2.75, 3.05) is 0 Å². The van der Waals surface area contributed by atoms with Crippen LogP contribution < -0.4 is 0 Å². The van der Waals surface area contributed by atoms with Crippen LogP contribution in [0.5, 0.6) is 0 Å². The van der Waals surface area contributed by atoms with Gasteiger partial charge < -0.3 is 4.74 Å². The van der Waals surface area contributed by atoms with Gasteiger partial charge in [-0.1, -0.05) is 6.08 Å². The second-order valence-electron chi connectivity index (χ2n) is 2.55. The molecule has 0 N–H and O–H groups in total. The van der Waals surface area contributed by atoms with E-state index in [1.165, 1.54) is 0 Å². The molecule has 0 aliphatic heterocycles. The van der Waals surface area contributed by atoms with E-state index in [9.17, 15) is 4.79 Å². The minimum absolute atomic E-state index is 0.330.